The standard InChI is InChI=1S/C12H22N4/c1-5-13-7-11-8-15-12(9-14-11)16(6-2)10(3)4/h8-10,13H,5-7H2,1-4H3. The second-order valence-corrected chi connectivity index (χ2v) is 4.03. The van der Waals surface area contributed by atoms with E-state index in [1.54, 1.807) is 0 Å². The zero-order valence-corrected chi connectivity index (χ0v) is 10.7. The molecule has 0 aliphatic carbocycles. The molecule has 0 amide bonds. The number of hydrogen-bond donors (Lipinski definition) is 1. The van der Waals surface area contributed by atoms with Crippen molar-refractivity contribution >= 4 is 5.82 Å². The predicted molar refractivity (Wildman–Crippen MR) is 67.6 cm³/mol. The van der Waals surface area contributed by atoms with Crippen molar-refractivity contribution in [2.45, 2.75) is 40.3 Å². The molecule has 0 saturated carbocycles. The molecule has 0 atom stereocenters. The quantitative estimate of drug-likeness (QED) is 0.797. The zero-order chi connectivity index (χ0) is 12.0. The first-order chi connectivity index (χ1) is 7.69. The van der Waals surface area contributed by atoms with Gasteiger partial charge >= 0.3 is 0 Å². The van der Waals surface area contributed by atoms with Gasteiger partial charge in [0, 0.05) is 19.1 Å². The summed E-state index contributed by atoms with van der Waals surface area (Å²) in [5.74, 6) is 0.956. The SMILES string of the molecule is CCNCc1cnc(N(CC)C(C)C)cn1. The van der Waals surface area contributed by atoms with Gasteiger partial charge in [0.1, 0.15) is 5.82 Å². The smallest absolute Gasteiger partial charge is 0.147 e. The number of anilines is 1. The molecule has 16 heavy (non-hydrogen) atoms. The molecule has 0 bridgehead atoms. The summed E-state index contributed by atoms with van der Waals surface area (Å²) in [7, 11) is 0. The van der Waals surface area contributed by atoms with Crippen LogP contribution < -0.4 is 10.2 Å². The van der Waals surface area contributed by atoms with E-state index in [2.05, 4.69) is 47.9 Å². The van der Waals surface area contributed by atoms with Gasteiger partial charge in [-0.05, 0) is 27.3 Å². The maximum absolute atomic E-state index is 4.45. The van der Waals surface area contributed by atoms with Gasteiger partial charge in [0.2, 0.25) is 0 Å². The molecule has 1 heterocycles. The topological polar surface area (TPSA) is 41.1 Å². The first-order valence-electron chi connectivity index (χ1n) is 5.97. The predicted octanol–water partition coefficient (Wildman–Crippen LogP) is 1.82. The summed E-state index contributed by atoms with van der Waals surface area (Å²) in [5, 5.41) is 3.23. The number of rotatable bonds is 6. The van der Waals surface area contributed by atoms with E-state index in [-0.39, 0.29) is 0 Å². The molecular formula is C12H22N4. The van der Waals surface area contributed by atoms with Crippen molar-refractivity contribution in [3.63, 3.8) is 0 Å². The van der Waals surface area contributed by atoms with Crippen LogP contribution in [-0.2, 0) is 6.54 Å². The van der Waals surface area contributed by atoms with Crippen molar-refractivity contribution in [2.24, 2.45) is 0 Å². The van der Waals surface area contributed by atoms with Gasteiger partial charge in [-0.25, -0.2) is 4.98 Å². The molecule has 0 aliphatic rings. The Morgan fingerprint density at radius 1 is 1.25 bits per heavy atom. The number of hydrogen-bond acceptors (Lipinski definition) is 4. The van der Waals surface area contributed by atoms with Crippen molar-refractivity contribution < 1.29 is 0 Å². The van der Waals surface area contributed by atoms with Crippen LogP contribution in [0.1, 0.15) is 33.4 Å². The first kappa shape index (κ1) is 12.9. The Morgan fingerprint density at radius 2 is 2.00 bits per heavy atom. The van der Waals surface area contributed by atoms with Crippen LogP contribution in [0.15, 0.2) is 12.4 Å². The Kier molecular flexibility index (Phi) is 5.19. The second-order valence-electron chi connectivity index (χ2n) is 4.03. The minimum absolute atomic E-state index is 0.457. The van der Waals surface area contributed by atoms with Crippen molar-refractivity contribution in [1.82, 2.24) is 15.3 Å². The van der Waals surface area contributed by atoms with E-state index in [0.29, 0.717) is 6.04 Å². The molecule has 0 saturated heterocycles. The van der Waals surface area contributed by atoms with Crippen molar-refractivity contribution in [3.05, 3.63) is 18.1 Å². The minimum atomic E-state index is 0.457. The first-order valence-corrected chi connectivity index (χ1v) is 5.97. The normalized spacial score (nSPS) is 10.8. The molecular weight excluding hydrogens is 200 g/mol. The van der Waals surface area contributed by atoms with E-state index in [4.69, 9.17) is 0 Å². The maximum Gasteiger partial charge on any atom is 0.147 e. The fourth-order valence-electron chi connectivity index (χ4n) is 1.63. The molecule has 4 nitrogen and oxygen atoms in total. The highest BCUT2D eigenvalue weighted by molar-refractivity contribution is 5.36. The summed E-state index contributed by atoms with van der Waals surface area (Å²) in [6, 6.07) is 0.457. The highest BCUT2D eigenvalue weighted by Gasteiger charge is 2.09. The molecule has 0 aromatic carbocycles. The third kappa shape index (κ3) is 3.45. The summed E-state index contributed by atoms with van der Waals surface area (Å²) >= 11 is 0. The van der Waals surface area contributed by atoms with Crippen LogP contribution >= 0.6 is 0 Å². The van der Waals surface area contributed by atoms with Crippen LogP contribution in [0.3, 0.4) is 0 Å². The Morgan fingerprint density at radius 3 is 2.44 bits per heavy atom. The summed E-state index contributed by atoms with van der Waals surface area (Å²) in [6.07, 6.45) is 3.71. The summed E-state index contributed by atoms with van der Waals surface area (Å²) in [4.78, 5) is 11.1. The van der Waals surface area contributed by atoms with Gasteiger partial charge in [-0.2, -0.15) is 0 Å². The highest BCUT2D eigenvalue weighted by Crippen LogP contribution is 2.11. The van der Waals surface area contributed by atoms with E-state index in [1.807, 2.05) is 12.4 Å². The Balaban J connectivity index is 2.69. The third-order valence-corrected chi connectivity index (χ3v) is 2.51. The van der Waals surface area contributed by atoms with Gasteiger partial charge < -0.3 is 10.2 Å². The van der Waals surface area contributed by atoms with E-state index in [0.717, 1.165) is 31.1 Å². The molecule has 0 aliphatic heterocycles. The molecule has 1 N–H and O–H groups in total. The zero-order valence-electron chi connectivity index (χ0n) is 10.7. The summed E-state index contributed by atoms with van der Waals surface area (Å²) in [5.41, 5.74) is 0.991. The Hall–Kier alpha value is -1.16. The van der Waals surface area contributed by atoms with E-state index >= 15 is 0 Å². The lowest BCUT2D eigenvalue weighted by atomic mass is 10.3. The molecule has 1 aromatic heterocycles. The summed E-state index contributed by atoms with van der Waals surface area (Å²) in [6.45, 7) is 11.2. The Bertz CT molecular complexity index is 294. The molecule has 0 spiro atoms. The molecule has 0 unspecified atom stereocenters. The fourth-order valence-corrected chi connectivity index (χ4v) is 1.63. The van der Waals surface area contributed by atoms with Gasteiger partial charge in [-0.3, -0.25) is 4.98 Å². The molecule has 0 fully saturated rings. The van der Waals surface area contributed by atoms with Crippen molar-refractivity contribution in [1.29, 1.82) is 0 Å². The average Bonchev–Trinajstić information content (AvgIpc) is 2.28. The van der Waals surface area contributed by atoms with Gasteiger partial charge in [0.05, 0.1) is 18.1 Å². The Labute approximate surface area is 98.1 Å². The lowest BCUT2D eigenvalue weighted by Crippen LogP contribution is -2.31. The van der Waals surface area contributed by atoms with E-state index in [1.165, 1.54) is 0 Å². The fraction of sp³-hybridized carbons (Fsp3) is 0.667. The van der Waals surface area contributed by atoms with Crippen LogP contribution in [0, 0.1) is 0 Å². The van der Waals surface area contributed by atoms with Gasteiger partial charge in [-0.1, -0.05) is 6.92 Å². The van der Waals surface area contributed by atoms with E-state index < -0.39 is 0 Å². The molecule has 1 rings (SSSR count). The summed E-state index contributed by atoms with van der Waals surface area (Å²) < 4.78 is 0. The number of nitrogens with zero attached hydrogens (tertiary/aromatic N) is 3. The van der Waals surface area contributed by atoms with Crippen molar-refractivity contribution in [2.75, 3.05) is 18.0 Å². The maximum atomic E-state index is 4.45. The monoisotopic (exact) mass is 222 g/mol. The van der Waals surface area contributed by atoms with Crippen molar-refractivity contribution in [3.8, 4) is 0 Å². The minimum Gasteiger partial charge on any atom is -0.353 e. The van der Waals surface area contributed by atoms with Gasteiger partial charge in [0.15, 0.2) is 0 Å². The van der Waals surface area contributed by atoms with Crippen LogP contribution in [0.2, 0.25) is 0 Å². The van der Waals surface area contributed by atoms with Crippen LogP contribution in [0.4, 0.5) is 5.82 Å². The third-order valence-electron chi connectivity index (χ3n) is 2.51. The molecule has 1 aromatic rings. The lowest BCUT2D eigenvalue weighted by Gasteiger charge is -2.25. The largest absolute Gasteiger partial charge is 0.353 e. The highest BCUT2D eigenvalue weighted by atomic mass is 15.2. The lowest BCUT2D eigenvalue weighted by molar-refractivity contribution is 0.681. The van der Waals surface area contributed by atoms with Crippen LogP contribution in [0.5, 0.6) is 0 Å². The van der Waals surface area contributed by atoms with E-state index in [9.17, 15) is 0 Å². The van der Waals surface area contributed by atoms with Crippen LogP contribution in [-0.4, -0.2) is 29.1 Å². The molecule has 90 valence electrons. The average molecular weight is 222 g/mol. The molecule has 4 heteroatoms. The van der Waals surface area contributed by atoms with Crippen LogP contribution in [0.25, 0.3) is 0 Å². The second kappa shape index (κ2) is 6.43. The number of nitrogens with one attached hydrogen (secondary N) is 1. The molecule has 0 radical (unpaired) electrons. The van der Waals surface area contributed by atoms with Gasteiger partial charge in [-0.15, -0.1) is 0 Å². The van der Waals surface area contributed by atoms with Gasteiger partial charge in [0.25, 0.3) is 0 Å². The number of aromatic nitrogens is 2.